The Morgan fingerprint density at radius 3 is 2.65 bits per heavy atom. The molecule has 5 heteroatoms. The van der Waals surface area contributed by atoms with E-state index in [1.54, 1.807) is 12.1 Å². The Morgan fingerprint density at radius 2 is 2.00 bits per heavy atom. The molecule has 0 heterocycles. The monoisotopic (exact) mass is 274 g/mol. The normalized spacial score (nSPS) is 19.9. The predicted octanol–water partition coefficient (Wildman–Crippen LogP) is 2.26. The molecular formula is C15H18N2O3. The molecule has 1 aliphatic rings. The van der Waals surface area contributed by atoms with Gasteiger partial charge >= 0.3 is 0 Å². The van der Waals surface area contributed by atoms with E-state index in [1.165, 1.54) is 12.1 Å². The van der Waals surface area contributed by atoms with Crippen LogP contribution in [0.25, 0.3) is 0 Å². The van der Waals surface area contributed by atoms with Gasteiger partial charge in [0.05, 0.1) is 5.56 Å². The van der Waals surface area contributed by atoms with Gasteiger partial charge in [-0.2, -0.15) is 5.10 Å². The number of carbonyl (C=O) groups excluding carboxylic acids is 2. The quantitative estimate of drug-likeness (QED) is 0.812. The zero-order valence-corrected chi connectivity index (χ0v) is 11.6. The van der Waals surface area contributed by atoms with Gasteiger partial charge in [-0.15, -0.1) is 0 Å². The molecule has 20 heavy (non-hydrogen) atoms. The molecule has 0 aliphatic heterocycles. The van der Waals surface area contributed by atoms with Crippen molar-refractivity contribution in [2.24, 2.45) is 10.5 Å². The number of benzene rings is 1. The van der Waals surface area contributed by atoms with E-state index >= 15 is 0 Å². The Bertz CT molecular complexity index is 576. The first-order chi connectivity index (χ1) is 9.37. The van der Waals surface area contributed by atoms with Gasteiger partial charge < -0.3 is 5.11 Å². The third-order valence-electron chi connectivity index (χ3n) is 3.22. The van der Waals surface area contributed by atoms with Crippen molar-refractivity contribution in [2.45, 2.75) is 33.1 Å². The summed E-state index contributed by atoms with van der Waals surface area (Å²) in [7, 11) is 0. The Labute approximate surface area is 117 Å². The molecule has 1 aromatic rings. The number of nitrogens with zero attached hydrogens (tertiary/aromatic N) is 1. The number of hydrogen-bond acceptors (Lipinski definition) is 4. The maximum atomic E-state index is 11.9. The number of Topliss-reactive ketones (excluding diaryl/α,β-unsaturated/α-hetero) is 1. The smallest absolute Gasteiger partial charge is 0.275 e. The number of carbonyl (C=O) groups is 2. The third-order valence-corrected chi connectivity index (χ3v) is 3.22. The van der Waals surface area contributed by atoms with E-state index in [0.717, 1.165) is 0 Å². The molecule has 0 aromatic heterocycles. The number of rotatable bonds is 2. The number of hydrogen-bond donors (Lipinski definition) is 2. The van der Waals surface area contributed by atoms with Crippen LogP contribution < -0.4 is 5.43 Å². The maximum absolute atomic E-state index is 11.9. The average Bonchev–Trinajstić information content (AvgIpc) is 2.34. The second-order valence-electron chi connectivity index (χ2n) is 5.87. The Kier molecular flexibility index (Phi) is 3.88. The van der Waals surface area contributed by atoms with Crippen LogP contribution in [0.3, 0.4) is 0 Å². The molecule has 2 rings (SSSR count). The van der Waals surface area contributed by atoms with Crippen molar-refractivity contribution >= 4 is 17.4 Å². The summed E-state index contributed by atoms with van der Waals surface area (Å²) in [4.78, 5) is 23.5. The van der Waals surface area contributed by atoms with Gasteiger partial charge in [0.1, 0.15) is 11.5 Å². The molecule has 1 amide bonds. The fourth-order valence-corrected chi connectivity index (χ4v) is 2.44. The van der Waals surface area contributed by atoms with Gasteiger partial charge in [-0.05, 0) is 24.0 Å². The molecule has 2 N–H and O–H groups in total. The SMILES string of the molecule is CC1(C)CC(=O)C/C(=N/NC(=O)c2ccccc2O)C1. The van der Waals surface area contributed by atoms with E-state index < -0.39 is 5.91 Å². The Balaban J connectivity index is 2.08. The summed E-state index contributed by atoms with van der Waals surface area (Å²) in [5.74, 6) is -0.437. The average molecular weight is 274 g/mol. The largest absolute Gasteiger partial charge is 0.507 e. The van der Waals surface area contributed by atoms with Crippen LogP contribution in [0.1, 0.15) is 43.5 Å². The molecule has 0 atom stereocenters. The molecule has 1 aromatic carbocycles. The van der Waals surface area contributed by atoms with Gasteiger partial charge in [-0.25, -0.2) is 5.43 Å². The highest BCUT2D eigenvalue weighted by molar-refractivity contribution is 6.05. The molecule has 0 saturated heterocycles. The molecular weight excluding hydrogens is 256 g/mol. The topological polar surface area (TPSA) is 78.8 Å². The van der Waals surface area contributed by atoms with E-state index in [0.29, 0.717) is 18.6 Å². The van der Waals surface area contributed by atoms with Crippen molar-refractivity contribution in [3.8, 4) is 5.75 Å². The van der Waals surface area contributed by atoms with E-state index in [9.17, 15) is 14.7 Å². The fourth-order valence-electron chi connectivity index (χ4n) is 2.44. The van der Waals surface area contributed by atoms with Crippen LogP contribution in [0.4, 0.5) is 0 Å². The van der Waals surface area contributed by atoms with Crippen molar-refractivity contribution < 1.29 is 14.7 Å². The summed E-state index contributed by atoms with van der Waals surface area (Å²) in [6, 6.07) is 6.26. The molecule has 0 radical (unpaired) electrons. The first kappa shape index (κ1) is 14.2. The summed E-state index contributed by atoms with van der Waals surface area (Å²) in [6.07, 6.45) is 1.50. The van der Waals surface area contributed by atoms with Crippen LogP contribution in [-0.4, -0.2) is 22.5 Å². The first-order valence-corrected chi connectivity index (χ1v) is 6.53. The molecule has 1 fully saturated rings. The van der Waals surface area contributed by atoms with Gasteiger partial charge in [0.15, 0.2) is 0 Å². The summed E-state index contributed by atoms with van der Waals surface area (Å²) in [5.41, 5.74) is 3.13. The van der Waals surface area contributed by atoms with Crippen molar-refractivity contribution in [1.29, 1.82) is 0 Å². The lowest BCUT2D eigenvalue weighted by atomic mass is 9.76. The fraction of sp³-hybridized carbons (Fsp3) is 0.400. The summed E-state index contributed by atoms with van der Waals surface area (Å²) < 4.78 is 0. The number of amides is 1. The maximum Gasteiger partial charge on any atom is 0.275 e. The second kappa shape index (κ2) is 5.45. The van der Waals surface area contributed by atoms with Crippen LogP contribution in [0.2, 0.25) is 0 Å². The molecule has 5 nitrogen and oxygen atoms in total. The molecule has 0 bridgehead atoms. The number of phenols is 1. The standard InChI is InChI=1S/C15H18N2O3/c1-15(2)8-10(7-11(18)9-15)16-17-14(20)12-5-3-4-6-13(12)19/h3-6,19H,7-9H2,1-2H3,(H,17,20)/b16-10-. The second-order valence-corrected chi connectivity index (χ2v) is 5.87. The third kappa shape index (κ3) is 3.44. The van der Waals surface area contributed by atoms with Gasteiger partial charge in [0.25, 0.3) is 5.91 Å². The van der Waals surface area contributed by atoms with Gasteiger partial charge in [0, 0.05) is 18.6 Å². The number of ketones is 1. The van der Waals surface area contributed by atoms with E-state index in [4.69, 9.17) is 0 Å². The number of para-hydroxylation sites is 1. The lowest BCUT2D eigenvalue weighted by molar-refractivity contribution is -0.120. The van der Waals surface area contributed by atoms with E-state index in [1.807, 2.05) is 13.8 Å². The van der Waals surface area contributed by atoms with E-state index in [-0.39, 0.29) is 28.9 Å². The van der Waals surface area contributed by atoms with Crippen LogP contribution in [0.5, 0.6) is 5.75 Å². The van der Waals surface area contributed by atoms with Crippen molar-refractivity contribution in [1.82, 2.24) is 5.43 Å². The highest BCUT2D eigenvalue weighted by Gasteiger charge is 2.30. The minimum atomic E-state index is -0.480. The van der Waals surface area contributed by atoms with E-state index in [2.05, 4.69) is 10.5 Å². The molecule has 1 aliphatic carbocycles. The molecule has 0 unspecified atom stereocenters. The van der Waals surface area contributed by atoms with Crippen LogP contribution in [0, 0.1) is 5.41 Å². The lowest BCUT2D eigenvalue weighted by Gasteiger charge is -2.29. The summed E-state index contributed by atoms with van der Waals surface area (Å²) in [5, 5.41) is 13.6. The lowest BCUT2D eigenvalue weighted by Crippen LogP contribution is -2.31. The predicted molar refractivity (Wildman–Crippen MR) is 75.6 cm³/mol. The molecule has 106 valence electrons. The number of aromatic hydroxyl groups is 1. The zero-order valence-electron chi connectivity index (χ0n) is 11.6. The highest BCUT2D eigenvalue weighted by atomic mass is 16.3. The zero-order chi connectivity index (χ0) is 14.8. The van der Waals surface area contributed by atoms with Gasteiger partial charge in [-0.1, -0.05) is 26.0 Å². The first-order valence-electron chi connectivity index (χ1n) is 6.53. The van der Waals surface area contributed by atoms with Crippen molar-refractivity contribution in [2.75, 3.05) is 0 Å². The van der Waals surface area contributed by atoms with Crippen molar-refractivity contribution in [3.05, 3.63) is 29.8 Å². The minimum absolute atomic E-state index is 0.0924. The minimum Gasteiger partial charge on any atom is -0.507 e. The van der Waals surface area contributed by atoms with Gasteiger partial charge in [-0.3, -0.25) is 9.59 Å². The molecule has 1 saturated carbocycles. The number of hydrazone groups is 1. The van der Waals surface area contributed by atoms with Crippen LogP contribution >= 0.6 is 0 Å². The van der Waals surface area contributed by atoms with Crippen molar-refractivity contribution in [3.63, 3.8) is 0 Å². The number of nitrogens with one attached hydrogen (secondary N) is 1. The Hall–Kier alpha value is -2.17. The van der Waals surface area contributed by atoms with Crippen LogP contribution in [-0.2, 0) is 4.79 Å². The highest BCUT2D eigenvalue weighted by Crippen LogP contribution is 2.31. The van der Waals surface area contributed by atoms with Gasteiger partial charge in [0.2, 0.25) is 0 Å². The number of phenolic OH excluding ortho intramolecular Hbond substituents is 1. The molecule has 0 spiro atoms. The summed E-state index contributed by atoms with van der Waals surface area (Å²) in [6.45, 7) is 4.01. The summed E-state index contributed by atoms with van der Waals surface area (Å²) >= 11 is 0. The Morgan fingerprint density at radius 1 is 1.30 bits per heavy atom. The van der Waals surface area contributed by atoms with Crippen LogP contribution in [0.15, 0.2) is 29.4 Å².